The van der Waals surface area contributed by atoms with Crippen LogP contribution in [0.2, 0.25) is 0 Å². The minimum absolute atomic E-state index is 0.179. The van der Waals surface area contributed by atoms with Crippen LogP contribution in [0.3, 0.4) is 0 Å². The molecule has 9 heteroatoms. The lowest BCUT2D eigenvalue weighted by atomic mass is 10.5. The number of nitrogens with two attached hydrogens (primary N) is 2. The normalized spacial score (nSPS) is 12.5. The van der Waals surface area contributed by atoms with E-state index in [0.717, 1.165) is 23.0 Å². The molecule has 1 atom stereocenters. The molecular formula is C11H21N5S4. The second-order valence-corrected chi connectivity index (χ2v) is 7.92. The first-order valence-electron chi connectivity index (χ1n) is 6.35. The summed E-state index contributed by atoms with van der Waals surface area (Å²) in [6.45, 7) is 2.21. The predicted molar refractivity (Wildman–Crippen MR) is 97.1 cm³/mol. The fourth-order valence-corrected chi connectivity index (χ4v) is 5.12. The summed E-state index contributed by atoms with van der Waals surface area (Å²) in [5, 5.41) is 1.23. The average Bonchev–Trinajstić information content (AvgIpc) is 2.40. The molecule has 1 heterocycles. The molecular weight excluding hydrogens is 330 g/mol. The van der Waals surface area contributed by atoms with Crippen LogP contribution in [0.1, 0.15) is 13.3 Å². The SMILES string of the molecule is CCCSC(CS)CSCCSc1nc(N)nc(N)n1. The second kappa shape index (κ2) is 10.7. The Hall–Kier alpha value is 0.0100. The van der Waals surface area contributed by atoms with E-state index >= 15 is 0 Å². The van der Waals surface area contributed by atoms with Crippen molar-refractivity contribution in [1.82, 2.24) is 15.0 Å². The van der Waals surface area contributed by atoms with Gasteiger partial charge in [0, 0.05) is 28.3 Å². The molecule has 5 nitrogen and oxygen atoms in total. The average molecular weight is 352 g/mol. The van der Waals surface area contributed by atoms with Crippen LogP contribution in [0.4, 0.5) is 11.9 Å². The van der Waals surface area contributed by atoms with E-state index in [1.54, 1.807) is 11.8 Å². The number of nitrogen functional groups attached to an aromatic ring is 2. The largest absolute Gasteiger partial charge is 0.368 e. The van der Waals surface area contributed by atoms with E-state index < -0.39 is 0 Å². The number of hydrogen-bond acceptors (Lipinski definition) is 9. The molecule has 1 rings (SSSR count). The highest BCUT2D eigenvalue weighted by Crippen LogP contribution is 2.21. The molecule has 0 saturated carbocycles. The number of nitrogens with zero attached hydrogens (tertiary/aromatic N) is 3. The zero-order valence-electron chi connectivity index (χ0n) is 11.5. The van der Waals surface area contributed by atoms with Gasteiger partial charge in [0.05, 0.1) is 0 Å². The Morgan fingerprint density at radius 3 is 2.40 bits per heavy atom. The molecule has 0 aliphatic carbocycles. The minimum atomic E-state index is 0.179. The van der Waals surface area contributed by atoms with Crippen molar-refractivity contribution in [3.63, 3.8) is 0 Å². The molecule has 0 fully saturated rings. The van der Waals surface area contributed by atoms with E-state index in [9.17, 15) is 0 Å². The third-order valence-corrected chi connectivity index (χ3v) is 6.76. The molecule has 1 aromatic rings. The Balaban J connectivity index is 2.17. The summed E-state index contributed by atoms with van der Waals surface area (Å²) in [5.41, 5.74) is 11.0. The maximum Gasteiger partial charge on any atom is 0.225 e. The Bertz CT molecular complexity index is 373. The first kappa shape index (κ1) is 18.1. The van der Waals surface area contributed by atoms with Crippen LogP contribution in [-0.2, 0) is 0 Å². The third-order valence-electron chi connectivity index (χ3n) is 2.17. The molecule has 114 valence electrons. The maximum atomic E-state index is 5.52. The third kappa shape index (κ3) is 7.70. The molecule has 0 saturated heterocycles. The highest BCUT2D eigenvalue weighted by Gasteiger charge is 2.07. The number of thiol groups is 1. The zero-order chi connectivity index (χ0) is 14.8. The molecule has 0 radical (unpaired) electrons. The van der Waals surface area contributed by atoms with Crippen LogP contribution >= 0.6 is 47.9 Å². The summed E-state index contributed by atoms with van der Waals surface area (Å²) in [7, 11) is 0. The lowest BCUT2D eigenvalue weighted by molar-refractivity contribution is 0.930. The lowest BCUT2D eigenvalue weighted by Gasteiger charge is -2.12. The number of thioether (sulfide) groups is 3. The second-order valence-electron chi connectivity index (χ2n) is 3.93. The molecule has 0 amide bonds. The Labute approximate surface area is 138 Å². The van der Waals surface area contributed by atoms with Gasteiger partial charge in [-0.15, -0.1) is 0 Å². The van der Waals surface area contributed by atoms with Gasteiger partial charge in [0.1, 0.15) is 0 Å². The van der Waals surface area contributed by atoms with Gasteiger partial charge < -0.3 is 11.5 Å². The highest BCUT2D eigenvalue weighted by molar-refractivity contribution is 8.05. The predicted octanol–water partition coefficient (Wildman–Crippen LogP) is 2.30. The van der Waals surface area contributed by atoms with Crippen molar-refractivity contribution in [1.29, 1.82) is 0 Å². The molecule has 1 aromatic heterocycles. The van der Waals surface area contributed by atoms with E-state index in [4.69, 9.17) is 11.5 Å². The molecule has 0 aromatic carbocycles. The van der Waals surface area contributed by atoms with Crippen molar-refractivity contribution < 1.29 is 0 Å². The van der Waals surface area contributed by atoms with E-state index in [1.807, 2.05) is 23.5 Å². The summed E-state index contributed by atoms with van der Waals surface area (Å²) in [5.74, 6) is 5.63. The van der Waals surface area contributed by atoms with Crippen molar-refractivity contribution in [3.8, 4) is 0 Å². The van der Waals surface area contributed by atoms with Crippen molar-refractivity contribution in [2.24, 2.45) is 0 Å². The fraction of sp³-hybridized carbons (Fsp3) is 0.727. The Kier molecular flexibility index (Phi) is 9.66. The number of aromatic nitrogens is 3. The topological polar surface area (TPSA) is 90.7 Å². The summed E-state index contributed by atoms with van der Waals surface area (Å²) in [6, 6.07) is 0. The minimum Gasteiger partial charge on any atom is -0.368 e. The van der Waals surface area contributed by atoms with Gasteiger partial charge in [-0.1, -0.05) is 18.7 Å². The molecule has 0 aliphatic heterocycles. The summed E-state index contributed by atoms with van der Waals surface area (Å²) < 4.78 is 0. The van der Waals surface area contributed by atoms with Crippen molar-refractivity contribution in [2.45, 2.75) is 23.8 Å². The van der Waals surface area contributed by atoms with Crippen LogP contribution in [0.5, 0.6) is 0 Å². The van der Waals surface area contributed by atoms with Gasteiger partial charge in [-0.3, -0.25) is 0 Å². The highest BCUT2D eigenvalue weighted by atomic mass is 32.2. The number of rotatable bonds is 10. The van der Waals surface area contributed by atoms with E-state index in [2.05, 4.69) is 34.5 Å². The molecule has 0 aliphatic rings. The Morgan fingerprint density at radius 1 is 1.10 bits per heavy atom. The van der Waals surface area contributed by atoms with Crippen molar-refractivity contribution >= 4 is 59.8 Å². The number of anilines is 2. The smallest absolute Gasteiger partial charge is 0.225 e. The van der Waals surface area contributed by atoms with E-state index in [1.165, 1.54) is 12.2 Å². The molecule has 4 N–H and O–H groups in total. The first-order chi connectivity index (χ1) is 9.65. The van der Waals surface area contributed by atoms with Gasteiger partial charge in [-0.2, -0.15) is 51.1 Å². The van der Waals surface area contributed by atoms with E-state index in [-0.39, 0.29) is 11.9 Å². The fourth-order valence-electron chi connectivity index (χ4n) is 1.30. The summed E-state index contributed by atoms with van der Waals surface area (Å²) in [4.78, 5) is 11.8. The lowest BCUT2D eigenvalue weighted by Crippen LogP contribution is -2.10. The maximum absolute atomic E-state index is 5.52. The summed E-state index contributed by atoms with van der Waals surface area (Å²) >= 11 is 9.91. The van der Waals surface area contributed by atoms with Crippen molar-refractivity contribution in [3.05, 3.63) is 0 Å². The van der Waals surface area contributed by atoms with Gasteiger partial charge in [0.15, 0.2) is 5.16 Å². The zero-order valence-corrected chi connectivity index (χ0v) is 14.8. The van der Waals surface area contributed by atoms with Gasteiger partial charge in [0.25, 0.3) is 0 Å². The van der Waals surface area contributed by atoms with Gasteiger partial charge >= 0.3 is 0 Å². The first-order valence-corrected chi connectivity index (χ1v) is 10.2. The van der Waals surface area contributed by atoms with Gasteiger partial charge in [-0.05, 0) is 12.2 Å². The molecule has 0 spiro atoms. The van der Waals surface area contributed by atoms with E-state index in [0.29, 0.717) is 10.4 Å². The molecule has 1 unspecified atom stereocenters. The molecule has 0 bridgehead atoms. The monoisotopic (exact) mass is 351 g/mol. The molecule has 20 heavy (non-hydrogen) atoms. The standard InChI is InChI=1S/C11H21N5S4/c1-2-3-19-8(6-17)7-18-4-5-20-11-15-9(12)14-10(13)16-11/h8,17H,2-7H2,1H3,(H4,12,13,14,15,16). The van der Waals surface area contributed by atoms with Crippen LogP contribution in [0.25, 0.3) is 0 Å². The van der Waals surface area contributed by atoms with Crippen LogP contribution in [-0.4, -0.2) is 49.0 Å². The number of hydrogen-bond donors (Lipinski definition) is 3. The van der Waals surface area contributed by atoms with Gasteiger partial charge in [0.2, 0.25) is 11.9 Å². The van der Waals surface area contributed by atoms with Crippen LogP contribution in [0, 0.1) is 0 Å². The summed E-state index contributed by atoms with van der Waals surface area (Å²) in [6.07, 6.45) is 1.22. The quantitative estimate of drug-likeness (QED) is 0.336. The van der Waals surface area contributed by atoms with Gasteiger partial charge in [-0.25, -0.2) is 0 Å². The van der Waals surface area contributed by atoms with Crippen molar-refractivity contribution in [2.75, 3.05) is 40.2 Å². The Morgan fingerprint density at radius 2 is 1.80 bits per heavy atom. The van der Waals surface area contributed by atoms with Crippen LogP contribution < -0.4 is 11.5 Å². The van der Waals surface area contributed by atoms with Crippen LogP contribution in [0.15, 0.2) is 5.16 Å².